The Hall–Kier alpha value is -2.88. The standard InChI is InChI=1S/C21H20N2O2/c24-20(22-16-7-3-1-4-8-16)18-14-11-12-15(13-14)19(18)21(25)23-17-9-5-2-6-10-17/h1-12,14-15,18-19H,13H2,(H,22,24)(H,23,25)/t14-,15+,18-,19-/m0/s1. The molecule has 2 aliphatic carbocycles. The Balaban J connectivity index is 1.52. The summed E-state index contributed by atoms with van der Waals surface area (Å²) in [6.07, 6.45) is 5.05. The van der Waals surface area contributed by atoms with Crippen molar-refractivity contribution in [2.75, 3.05) is 10.6 Å². The number of amides is 2. The van der Waals surface area contributed by atoms with Crippen molar-refractivity contribution in [1.82, 2.24) is 0 Å². The molecular formula is C21H20N2O2. The third-order valence-electron chi connectivity index (χ3n) is 5.15. The highest BCUT2D eigenvalue weighted by Gasteiger charge is 2.51. The van der Waals surface area contributed by atoms with Crippen LogP contribution in [0.1, 0.15) is 6.42 Å². The monoisotopic (exact) mass is 332 g/mol. The van der Waals surface area contributed by atoms with Crippen molar-refractivity contribution < 1.29 is 9.59 Å². The lowest BCUT2D eigenvalue weighted by Gasteiger charge is -2.26. The fourth-order valence-electron chi connectivity index (χ4n) is 4.03. The molecule has 25 heavy (non-hydrogen) atoms. The van der Waals surface area contributed by atoms with Gasteiger partial charge in [-0.3, -0.25) is 9.59 Å². The van der Waals surface area contributed by atoms with Crippen LogP contribution in [0.3, 0.4) is 0 Å². The average molecular weight is 332 g/mol. The van der Waals surface area contributed by atoms with Crippen LogP contribution in [0.2, 0.25) is 0 Å². The first kappa shape index (κ1) is 15.6. The molecule has 1 fully saturated rings. The van der Waals surface area contributed by atoms with Crippen molar-refractivity contribution in [2.24, 2.45) is 23.7 Å². The molecule has 4 rings (SSSR count). The summed E-state index contributed by atoms with van der Waals surface area (Å²) >= 11 is 0. The highest BCUT2D eigenvalue weighted by molar-refractivity contribution is 6.01. The second-order valence-corrected chi connectivity index (χ2v) is 6.71. The number of hydrogen-bond acceptors (Lipinski definition) is 2. The smallest absolute Gasteiger partial charge is 0.228 e. The molecule has 2 N–H and O–H groups in total. The molecule has 0 aliphatic heterocycles. The summed E-state index contributed by atoms with van der Waals surface area (Å²) in [7, 11) is 0. The molecule has 2 aromatic carbocycles. The lowest BCUT2D eigenvalue weighted by molar-refractivity contribution is -0.129. The number of allylic oxidation sites excluding steroid dienone is 2. The second-order valence-electron chi connectivity index (χ2n) is 6.71. The summed E-state index contributed by atoms with van der Waals surface area (Å²) in [6.45, 7) is 0. The Kier molecular flexibility index (Phi) is 4.10. The van der Waals surface area contributed by atoms with Gasteiger partial charge >= 0.3 is 0 Å². The number of nitrogens with one attached hydrogen (secondary N) is 2. The van der Waals surface area contributed by atoms with Crippen molar-refractivity contribution in [2.45, 2.75) is 6.42 Å². The predicted octanol–water partition coefficient (Wildman–Crippen LogP) is 3.70. The Bertz CT molecular complexity index is 734. The van der Waals surface area contributed by atoms with Crippen LogP contribution in [0.5, 0.6) is 0 Å². The molecule has 0 aromatic heterocycles. The number of benzene rings is 2. The fraction of sp³-hybridized carbons (Fsp3) is 0.238. The first-order chi connectivity index (χ1) is 12.2. The number of hydrogen-bond donors (Lipinski definition) is 2. The second kappa shape index (κ2) is 6.55. The van der Waals surface area contributed by atoms with Gasteiger partial charge in [0.2, 0.25) is 11.8 Å². The van der Waals surface area contributed by atoms with E-state index in [0.29, 0.717) is 0 Å². The fourth-order valence-corrected chi connectivity index (χ4v) is 4.03. The van der Waals surface area contributed by atoms with Crippen LogP contribution >= 0.6 is 0 Å². The Morgan fingerprint density at radius 1 is 0.680 bits per heavy atom. The van der Waals surface area contributed by atoms with Crippen molar-refractivity contribution in [3.05, 3.63) is 72.8 Å². The van der Waals surface area contributed by atoms with E-state index in [1.54, 1.807) is 0 Å². The molecule has 0 heterocycles. The Morgan fingerprint density at radius 3 is 1.48 bits per heavy atom. The zero-order chi connectivity index (χ0) is 17.2. The van der Waals surface area contributed by atoms with E-state index in [0.717, 1.165) is 17.8 Å². The molecule has 126 valence electrons. The lowest BCUT2D eigenvalue weighted by atomic mass is 9.81. The first-order valence-corrected chi connectivity index (χ1v) is 8.62. The number of rotatable bonds is 4. The molecule has 2 aliphatic rings. The quantitative estimate of drug-likeness (QED) is 0.839. The highest BCUT2D eigenvalue weighted by Crippen LogP contribution is 2.48. The maximum Gasteiger partial charge on any atom is 0.228 e. The minimum atomic E-state index is -0.320. The maximum atomic E-state index is 12.8. The number of carbonyl (C=O) groups excluding carboxylic acids is 2. The number of carbonyl (C=O) groups is 2. The maximum absolute atomic E-state index is 12.8. The molecule has 0 radical (unpaired) electrons. The summed E-state index contributed by atoms with van der Waals surface area (Å²) in [4.78, 5) is 25.7. The minimum absolute atomic E-state index is 0.0729. The number of para-hydroxylation sites is 2. The van der Waals surface area contributed by atoms with Crippen LogP contribution in [0.4, 0.5) is 11.4 Å². The van der Waals surface area contributed by atoms with Gasteiger partial charge in [0.15, 0.2) is 0 Å². The molecule has 2 bridgehead atoms. The summed E-state index contributed by atoms with van der Waals surface area (Å²) in [5.74, 6) is -0.508. The Labute approximate surface area is 146 Å². The van der Waals surface area contributed by atoms with Gasteiger partial charge in [-0.15, -0.1) is 0 Å². The molecule has 1 saturated carbocycles. The van der Waals surface area contributed by atoms with Crippen LogP contribution in [-0.2, 0) is 9.59 Å². The third kappa shape index (κ3) is 3.07. The molecular weight excluding hydrogens is 312 g/mol. The molecule has 0 spiro atoms. The van der Waals surface area contributed by atoms with Gasteiger partial charge in [-0.25, -0.2) is 0 Å². The highest BCUT2D eigenvalue weighted by atomic mass is 16.2. The third-order valence-corrected chi connectivity index (χ3v) is 5.15. The Morgan fingerprint density at radius 2 is 1.08 bits per heavy atom. The van der Waals surface area contributed by atoms with Gasteiger partial charge in [-0.1, -0.05) is 48.6 Å². The number of anilines is 2. The first-order valence-electron chi connectivity index (χ1n) is 8.62. The lowest BCUT2D eigenvalue weighted by Crippen LogP contribution is -2.39. The zero-order valence-electron chi connectivity index (χ0n) is 13.8. The van der Waals surface area contributed by atoms with Gasteiger partial charge in [0.1, 0.15) is 0 Å². The SMILES string of the molecule is O=C(Nc1ccccc1)[C@@H]1[C@@H](C(=O)Nc2ccccc2)[C@H]2C=C[C@@H]1C2. The molecule has 4 atom stereocenters. The predicted molar refractivity (Wildman–Crippen MR) is 97.9 cm³/mol. The van der Waals surface area contributed by atoms with E-state index in [1.807, 2.05) is 60.7 Å². The van der Waals surface area contributed by atoms with Gasteiger partial charge in [-0.05, 0) is 42.5 Å². The van der Waals surface area contributed by atoms with Crippen LogP contribution in [0.25, 0.3) is 0 Å². The largest absolute Gasteiger partial charge is 0.326 e. The van der Waals surface area contributed by atoms with Gasteiger partial charge in [0, 0.05) is 11.4 Å². The summed E-state index contributed by atoms with van der Waals surface area (Å²) in [5, 5.41) is 5.93. The van der Waals surface area contributed by atoms with Gasteiger partial charge in [-0.2, -0.15) is 0 Å². The molecule has 2 aromatic rings. The van der Waals surface area contributed by atoms with Gasteiger partial charge in [0.25, 0.3) is 0 Å². The van der Waals surface area contributed by atoms with E-state index >= 15 is 0 Å². The van der Waals surface area contributed by atoms with Crippen molar-refractivity contribution in [3.8, 4) is 0 Å². The normalized spacial score (nSPS) is 26.4. The van der Waals surface area contributed by atoms with Crippen LogP contribution in [0, 0.1) is 23.7 Å². The summed E-state index contributed by atoms with van der Waals surface area (Å²) < 4.78 is 0. The van der Waals surface area contributed by atoms with Gasteiger partial charge in [0.05, 0.1) is 11.8 Å². The van der Waals surface area contributed by atoms with Crippen LogP contribution in [-0.4, -0.2) is 11.8 Å². The number of fused-ring (bicyclic) bond motifs is 2. The zero-order valence-corrected chi connectivity index (χ0v) is 13.8. The molecule has 2 amide bonds. The van der Waals surface area contributed by atoms with Gasteiger partial charge < -0.3 is 10.6 Å². The van der Waals surface area contributed by atoms with Crippen molar-refractivity contribution in [1.29, 1.82) is 0 Å². The van der Waals surface area contributed by atoms with E-state index in [4.69, 9.17) is 0 Å². The van der Waals surface area contributed by atoms with E-state index in [-0.39, 0.29) is 35.5 Å². The van der Waals surface area contributed by atoms with E-state index < -0.39 is 0 Å². The van der Waals surface area contributed by atoms with Crippen molar-refractivity contribution in [3.63, 3.8) is 0 Å². The average Bonchev–Trinajstić information content (AvgIpc) is 3.24. The molecule has 0 unspecified atom stereocenters. The summed E-state index contributed by atoms with van der Waals surface area (Å²) in [6, 6.07) is 18.8. The van der Waals surface area contributed by atoms with E-state index in [9.17, 15) is 9.59 Å². The van der Waals surface area contributed by atoms with Crippen LogP contribution in [0.15, 0.2) is 72.8 Å². The molecule has 4 nitrogen and oxygen atoms in total. The topological polar surface area (TPSA) is 58.2 Å². The molecule has 0 saturated heterocycles. The molecule has 4 heteroatoms. The van der Waals surface area contributed by atoms with E-state index in [2.05, 4.69) is 22.8 Å². The van der Waals surface area contributed by atoms with Crippen molar-refractivity contribution >= 4 is 23.2 Å². The van der Waals surface area contributed by atoms with E-state index in [1.165, 1.54) is 0 Å². The summed E-state index contributed by atoms with van der Waals surface area (Å²) in [5.41, 5.74) is 1.53. The minimum Gasteiger partial charge on any atom is -0.326 e. The van der Waals surface area contributed by atoms with Crippen LogP contribution < -0.4 is 10.6 Å².